The molecule has 2 atom stereocenters. The highest BCUT2D eigenvalue weighted by atomic mass is 35.5. The average Bonchev–Trinajstić information content (AvgIpc) is 3.04. The number of amides is 2. The van der Waals surface area contributed by atoms with Gasteiger partial charge in [0.15, 0.2) is 11.5 Å². The van der Waals surface area contributed by atoms with Gasteiger partial charge < -0.3 is 29.5 Å². The lowest BCUT2D eigenvalue weighted by molar-refractivity contribution is -0.166. The molecular formula is C33H47ClN4O8S. The fraction of sp³-hybridized carbons (Fsp3) is 0.576. The van der Waals surface area contributed by atoms with E-state index in [1.165, 1.54) is 7.11 Å². The molecule has 2 saturated heterocycles. The third-order valence-electron chi connectivity index (χ3n) is 9.46. The number of methoxy groups -OCH3 is 2. The van der Waals surface area contributed by atoms with Gasteiger partial charge in [-0.2, -0.15) is 0 Å². The van der Waals surface area contributed by atoms with Crippen LogP contribution in [0.5, 0.6) is 17.2 Å². The van der Waals surface area contributed by atoms with E-state index >= 15 is 0 Å². The molecule has 0 bridgehead atoms. The maximum atomic E-state index is 13.8. The highest BCUT2D eigenvalue weighted by Gasteiger charge is 2.55. The summed E-state index contributed by atoms with van der Waals surface area (Å²) in [5.41, 5.74) is 0.482. The van der Waals surface area contributed by atoms with Gasteiger partial charge in [0.05, 0.1) is 31.8 Å². The minimum Gasteiger partial charge on any atom is -0.493 e. The number of anilines is 1. The number of nitrogens with one attached hydrogen (secondary N) is 2. The van der Waals surface area contributed by atoms with Gasteiger partial charge in [-0.3, -0.25) is 19.2 Å². The molecule has 2 aromatic carbocycles. The third kappa shape index (κ3) is 8.69. The lowest BCUT2D eigenvalue weighted by Crippen LogP contribution is -2.75. The number of hydrogen-bond acceptors (Lipinski definition) is 9. The third-order valence-corrected chi connectivity index (χ3v) is 10.1. The van der Waals surface area contributed by atoms with Crippen molar-refractivity contribution >= 4 is 39.9 Å². The number of likely N-dealkylation sites (tertiary alicyclic amines) is 1. The zero-order valence-electron chi connectivity index (χ0n) is 27.3. The molecule has 2 amide bonds. The number of carbonyl (C=O) groups is 2. The zero-order valence-corrected chi connectivity index (χ0v) is 28.9. The van der Waals surface area contributed by atoms with Crippen molar-refractivity contribution in [3.05, 3.63) is 48.0 Å². The number of piperidine rings is 1. The van der Waals surface area contributed by atoms with E-state index in [0.29, 0.717) is 68.6 Å². The van der Waals surface area contributed by atoms with E-state index in [2.05, 4.69) is 14.9 Å². The Morgan fingerprint density at radius 1 is 1.02 bits per heavy atom. The van der Waals surface area contributed by atoms with Crippen molar-refractivity contribution in [3.8, 4) is 17.2 Å². The number of ether oxygens (including phenoxy) is 3. The van der Waals surface area contributed by atoms with Crippen LogP contribution in [-0.4, -0.2) is 99.5 Å². The largest absolute Gasteiger partial charge is 0.493 e. The second-order valence-electron chi connectivity index (χ2n) is 12.6. The SMILES string of the molecule is COCCN1C(=O)[C@@H]([C@H](O)C2CCCCC2)NC(=O)C12CCN(Cc1ccc(Oc3ccc(NS(C)(=O)=O)cc3OC)cc1)CC2.Cl. The fourth-order valence-electron chi connectivity index (χ4n) is 6.98. The molecule has 3 aliphatic rings. The van der Waals surface area contributed by atoms with Gasteiger partial charge in [0.1, 0.15) is 17.3 Å². The number of aliphatic hydroxyl groups excluding tert-OH is 1. The molecule has 2 aromatic rings. The standard InChI is InChI=1S/C33H46N4O8S.ClH/c1-43-20-19-37-31(39)29(30(38)24-7-5-4-6-8-24)34-32(40)33(37)15-17-36(18-16-33)22-23-9-12-26(13-10-23)45-27-14-11-25(21-28(27)44-2)35-46(3,41)42;/h9-14,21,24,29-30,35,38H,4-8,15-20,22H2,1-3H3,(H,34,40);1H/t29-,30-;/m1./s1. The first-order valence-corrected chi connectivity index (χ1v) is 17.9. The molecule has 1 spiro atoms. The number of piperazine rings is 1. The monoisotopic (exact) mass is 694 g/mol. The molecule has 3 fully saturated rings. The van der Waals surface area contributed by atoms with E-state index in [4.69, 9.17) is 14.2 Å². The van der Waals surface area contributed by atoms with Crippen LogP contribution >= 0.6 is 12.4 Å². The summed E-state index contributed by atoms with van der Waals surface area (Å²) in [7, 11) is -0.352. The minimum atomic E-state index is -3.42. The Hall–Kier alpha value is -3.10. The molecular weight excluding hydrogens is 648 g/mol. The molecule has 0 aromatic heterocycles. The normalized spacial score (nSPS) is 21.1. The van der Waals surface area contributed by atoms with Crippen molar-refractivity contribution < 1.29 is 37.3 Å². The average molecular weight is 695 g/mol. The smallest absolute Gasteiger partial charge is 0.248 e. The van der Waals surface area contributed by atoms with Crippen LogP contribution in [-0.2, 0) is 30.9 Å². The van der Waals surface area contributed by atoms with Crippen LogP contribution in [0.3, 0.4) is 0 Å². The first-order chi connectivity index (χ1) is 22.0. The van der Waals surface area contributed by atoms with E-state index in [0.717, 1.165) is 43.9 Å². The Morgan fingerprint density at radius 3 is 2.32 bits per heavy atom. The molecule has 2 heterocycles. The van der Waals surface area contributed by atoms with Gasteiger partial charge in [-0.1, -0.05) is 31.4 Å². The van der Waals surface area contributed by atoms with E-state index in [1.807, 2.05) is 24.3 Å². The van der Waals surface area contributed by atoms with Gasteiger partial charge in [0, 0.05) is 39.4 Å². The first-order valence-electron chi connectivity index (χ1n) is 16.0. The molecule has 47 heavy (non-hydrogen) atoms. The maximum Gasteiger partial charge on any atom is 0.248 e. The summed E-state index contributed by atoms with van der Waals surface area (Å²) in [5.74, 6) is 1.06. The van der Waals surface area contributed by atoms with Crippen molar-refractivity contribution in [3.63, 3.8) is 0 Å². The molecule has 1 saturated carbocycles. The summed E-state index contributed by atoms with van der Waals surface area (Å²) < 4.78 is 42.3. The molecule has 12 nitrogen and oxygen atoms in total. The number of hydrogen-bond donors (Lipinski definition) is 3. The van der Waals surface area contributed by atoms with Gasteiger partial charge in [0.25, 0.3) is 0 Å². The van der Waals surface area contributed by atoms with Gasteiger partial charge in [-0.05, 0) is 61.4 Å². The Bertz CT molecular complexity index is 1480. The molecule has 1 aliphatic carbocycles. The van der Waals surface area contributed by atoms with Gasteiger partial charge in [0.2, 0.25) is 21.8 Å². The number of sulfonamides is 1. The number of aliphatic hydroxyl groups is 1. The molecule has 3 N–H and O–H groups in total. The summed E-state index contributed by atoms with van der Waals surface area (Å²) in [5, 5.41) is 14.1. The molecule has 0 unspecified atom stereocenters. The summed E-state index contributed by atoms with van der Waals surface area (Å²) in [6, 6.07) is 11.6. The highest BCUT2D eigenvalue weighted by molar-refractivity contribution is 7.92. The Kier molecular flexibility index (Phi) is 12.4. The lowest BCUT2D eigenvalue weighted by Gasteiger charge is -2.52. The lowest BCUT2D eigenvalue weighted by atomic mass is 9.78. The van der Waals surface area contributed by atoms with Crippen LogP contribution in [0.4, 0.5) is 5.69 Å². The van der Waals surface area contributed by atoms with E-state index in [9.17, 15) is 23.1 Å². The molecule has 14 heteroatoms. The maximum absolute atomic E-state index is 13.8. The van der Waals surface area contributed by atoms with Crippen molar-refractivity contribution in [2.24, 2.45) is 5.92 Å². The Labute approximate surface area is 283 Å². The quantitative estimate of drug-likeness (QED) is 0.304. The number of halogens is 1. The predicted molar refractivity (Wildman–Crippen MR) is 181 cm³/mol. The van der Waals surface area contributed by atoms with Crippen LogP contribution in [0.2, 0.25) is 0 Å². The van der Waals surface area contributed by atoms with Crippen LogP contribution in [0.15, 0.2) is 42.5 Å². The van der Waals surface area contributed by atoms with Gasteiger partial charge >= 0.3 is 0 Å². The van der Waals surface area contributed by atoms with Crippen LogP contribution in [0.25, 0.3) is 0 Å². The molecule has 2 aliphatic heterocycles. The van der Waals surface area contributed by atoms with E-state index in [-0.39, 0.29) is 30.1 Å². The van der Waals surface area contributed by atoms with Crippen molar-refractivity contribution in [1.82, 2.24) is 15.1 Å². The predicted octanol–water partition coefficient (Wildman–Crippen LogP) is 3.53. The first kappa shape index (κ1) is 36.7. The summed E-state index contributed by atoms with van der Waals surface area (Å²) in [6.07, 6.45) is 6.14. The Morgan fingerprint density at radius 2 is 1.70 bits per heavy atom. The second-order valence-corrected chi connectivity index (χ2v) is 14.4. The van der Waals surface area contributed by atoms with E-state index in [1.54, 1.807) is 30.2 Å². The summed E-state index contributed by atoms with van der Waals surface area (Å²) >= 11 is 0. The summed E-state index contributed by atoms with van der Waals surface area (Å²) in [6.45, 7) is 2.55. The van der Waals surface area contributed by atoms with Crippen LogP contribution in [0.1, 0.15) is 50.5 Å². The number of carbonyl (C=O) groups excluding carboxylic acids is 2. The minimum absolute atomic E-state index is 0. The van der Waals surface area contributed by atoms with Gasteiger partial charge in [-0.15, -0.1) is 12.4 Å². The zero-order chi connectivity index (χ0) is 32.9. The number of benzene rings is 2. The second kappa shape index (κ2) is 15.9. The van der Waals surface area contributed by atoms with Crippen molar-refractivity contribution in [2.75, 3.05) is 51.4 Å². The van der Waals surface area contributed by atoms with Gasteiger partial charge in [-0.25, -0.2) is 8.42 Å². The Balaban J connectivity index is 0.00000500. The van der Waals surface area contributed by atoms with Crippen LogP contribution < -0.4 is 19.5 Å². The fourth-order valence-corrected chi connectivity index (χ4v) is 7.54. The molecule has 260 valence electrons. The molecule has 0 radical (unpaired) electrons. The van der Waals surface area contributed by atoms with E-state index < -0.39 is 27.7 Å². The molecule has 5 rings (SSSR count). The number of rotatable bonds is 12. The van der Waals surface area contributed by atoms with Crippen molar-refractivity contribution in [2.45, 2.75) is 69.2 Å². The topological polar surface area (TPSA) is 147 Å². The summed E-state index contributed by atoms with van der Waals surface area (Å²) in [4.78, 5) is 31.5. The highest BCUT2D eigenvalue weighted by Crippen LogP contribution is 2.37. The number of nitrogens with zero attached hydrogens (tertiary/aromatic N) is 2. The van der Waals surface area contributed by atoms with Crippen molar-refractivity contribution in [1.29, 1.82) is 0 Å². The van der Waals surface area contributed by atoms with Crippen LogP contribution in [0, 0.1) is 5.92 Å².